The lowest BCUT2D eigenvalue weighted by atomic mass is 10.1. The normalized spacial score (nSPS) is 21.9. The fourth-order valence-corrected chi connectivity index (χ4v) is 1.93. The summed E-state index contributed by atoms with van der Waals surface area (Å²) in [5.41, 5.74) is 5.00. The van der Waals surface area contributed by atoms with Crippen LogP contribution < -0.4 is 15.8 Å². The highest BCUT2D eigenvalue weighted by Crippen LogP contribution is 2.17. The minimum Gasteiger partial charge on any atom is -0.473 e. The molecule has 0 aliphatic carbocycles. The van der Waals surface area contributed by atoms with Crippen molar-refractivity contribution in [3.05, 3.63) is 18.1 Å². The third-order valence-corrected chi connectivity index (χ3v) is 2.71. The molecule has 104 valence electrons. The molecule has 3 N–H and O–H groups in total. The number of amides is 1. The molecule has 0 bridgehead atoms. The van der Waals surface area contributed by atoms with Crippen molar-refractivity contribution in [1.29, 1.82) is 0 Å². The van der Waals surface area contributed by atoms with Crippen LogP contribution in [-0.4, -0.2) is 47.3 Å². The number of primary amides is 1. The zero-order chi connectivity index (χ0) is 13.9. The van der Waals surface area contributed by atoms with E-state index in [4.69, 9.17) is 15.2 Å². The summed E-state index contributed by atoms with van der Waals surface area (Å²) in [5.74, 6) is -0.520. The van der Waals surface area contributed by atoms with Gasteiger partial charge in [0.2, 0.25) is 5.88 Å². The molecule has 7 heteroatoms. The van der Waals surface area contributed by atoms with E-state index < -0.39 is 5.91 Å². The monoisotopic (exact) mass is 266 g/mol. The largest absolute Gasteiger partial charge is 0.473 e. The lowest BCUT2D eigenvalue weighted by molar-refractivity contribution is -0.107. The van der Waals surface area contributed by atoms with E-state index in [0.717, 1.165) is 6.54 Å². The van der Waals surface area contributed by atoms with Crippen molar-refractivity contribution < 1.29 is 14.3 Å². The summed E-state index contributed by atoms with van der Waals surface area (Å²) in [6.07, 6.45) is 2.74. The molecule has 7 nitrogen and oxygen atoms in total. The Hall–Kier alpha value is -1.73. The van der Waals surface area contributed by atoms with Gasteiger partial charge in [-0.1, -0.05) is 0 Å². The molecule has 1 saturated heterocycles. The van der Waals surface area contributed by atoms with Gasteiger partial charge in [0.25, 0.3) is 5.91 Å². The average molecular weight is 266 g/mol. The van der Waals surface area contributed by atoms with E-state index >= 15 is 0 Å². The topological polar surface area (TPSA) is 99.4 Å². The summed E-state index contributed by atoms with van der Waals surface area (Å²) in [5, 5.41) is 3.27. The van der Waals surface area contributed by atoms with E-state index in [1.807, 2.05) is 13.8 Å². The van der Waals surface area contributed by atoms with Gasteiger partial charge in [-0.3, -0.25) is 4.79 Å². The van der Waals surface area contributed by atoms with Crippen molar-refractivity contribution in [3.63, 3.8) is 0 Å². The molecule has 2 rings (SSSR count). The summed E-state index contributed by atoms with van der Waals surface area (Å²) >= 11 is 0. The van der Waals surface area contributed by atoms with Crippen LogP contribution in [0, 0.1) is 0 Å². The fraction of sp³-hybridized carbons (Fsp3) is 0.583. The van der Waals surface area contributed by atoms with Crippen LogP contribution in [0.15, 0.2) is 12.4 Å². The number of carbonyl (C=O) groups excluding carboxylic acids is 1. The van der Waals surface area contributed by atoms with Crippen LogP contribution in [0.4, 0.5) is 0 Å². The summed E-state index contributed by atoms with van der Waals surface area (Å²) in [6.45, 7) is 5.78. The third kappa shape index (κ3) is 3.62. The van der Waals surface area contributed by atoms with Crippen LogP contribution >= 0.6 is 0 Å². The number of nitrogens with one attached hydrogen (secondary N) is 1. The number of carbonyl (C=O) groups is 1. The number of hydrogen-bond donors (Lipinski definition) is 2. The number of nitrogens with zero attached hydrogens (tertiary/aromatic N) is 2. The van der Waals surface area contributed by atoms with Crippen molar-refractivity contribution in [3.8, 4) is 5.88 Å². The fourth-order valence-electron chi connectivity index (χ4n) is 1.93. The molecule has 1 fully saturated rings. The molecule has 1 amide bonds. The molecule has 0 saturated carbocycles. The molecular formula is C12H18N4O3. The predicted molar refractivity (Wildman–Crippen MR) is 67.9 cm³/mol. The van der Waals surface area contributed by atoms with Gasteiger partial charge in [-0.15, -0.1) is 0 Å². The minimum atomic E-state index is -0.661. The zero-order valence-electron chi connectivity index (χ0n) is 11.0. The van der Waals surface area contributed by atoms with Crippen LogP contribution in [0.1, 0.15) is 24.3 Å². The minimum absolute atomic E-state index is 0.0329. The van der Waals surface area contributed by atoms with Crippen molar-refractivity contribution in [1.82, 2.24) is 15.3 Å². The van der Waals surface area contributed by atoms with E-state index in [1.165, 1.54) is 12.4 Å². The first kappa shape index (κ1) is 13.7. The summed E-state index contributed by atoms with van der Waals surface area (Å²) in [7, 11) is 0. The number of ether oxygens (including phenoxy) is 2. The number of hydrogen-bond acceptors (Lipinski definition) is 6. The first-order chi connectivity index (χ1) is 8.98. The van der Waals surface area contributed by atoms with Crippen molar-refractivity contribution in [2.24, 2.45) is 5.73 Å². The molecule has 1 unspecified atom stereocenters. The maximum Gasteiger partial charge on any atom is 0.272 e. The maximum absolute atomic E-state index is 11.2. The second-order valence-electron chi connectivity index (χ2n) is 5.02. The SMILES string of the molecule is CC1(C)CNCC(COc2nccnc2C(N)=O)O1. The van der Waals surface area contributed by atoms with E-state index in [1.54, 1.807) is 0 Å². The van der Waals surface area contributed by atoms with Gasteiger partial charge in [-0.2, -0.15) is 0 Å². The molecule has 19 heavy (non-hydrogen) atoms. The first-order valence-corrected chi connectivity index (χ1v) is 6.10. The molecule has 2 heterocycles. The molecule has 0 aromatic carbocycles. The van der Waals surface area contributed by atoms with Gasteiger partial charge in [0.15, 0.2) is 5.69 Å². The Kier molecular flexibility index (Phi) is 3.96. The van der Waals surface area contributed by atoms with Crippen molar-refractivity contribution in [2.45, 2.75) is 25.6 Å². The molecule has 1 aliphatic heterocycles. The Balaban J connectivity index is 1.97. The van der Waals surface area contributed by atoms with Gasteiger partial charge in [0.05, 0.1) is 5.60 Å². The van der Waals surface area contributed by atoms with E-state index in [0.29, 0.717) is 6.54 Å². The number of nitrogens with two attached hydrogens (primary N) is 1. The molecule has 1 aliphatic rings. The molecule has 0 radical (unpaired) electrons. The molecule has 1 atom stereocenters. The number of aromatic nitrogens is 2. The number of morpholine rings is 1. The summed E-state index contributed by atoms with van der Waals surface area (Å²) < 4.78 is 11.3. The van der Waals surface area contributed by atoms with Gasteiger partial charge in [-0.05, 0) is 13.8 Å². The Morgan fingerprint density at radius 2 is 2.32 bits per heavy atom. The standard InChI is InChI=1S/C12H18N4O3/c1-12(2)7-14-5-8(19-12)6-18-11-9(10(13)17)15-3-4-16-11/h3-4,8,14H,5-7H2,1-2H3,(H2,13,17). The maximum atomic E-state index is 11.2. The van der Waals surface area contributed by atoms with Crippen LogP contribution in [0.25, 0.3) is 0 Å². The highest BCUT2D eigenvalue weighted by molar-refractivity contribution is 5.92. The van der Waals surface area contributed by atoms with Gasteiger partial charge in [-0.25, -0.2) is 9.97 Å². The lowest BCUT2D eigenvalue weighted by Gasteiger charge is -2.36. The Morgan fingerprint density at radius 1 is 1.58 bits per heavy atom. The van der Waals surface area contributed by atoms with E-state index in [-0.39, 0.29) is 29.9 Å². The summed E-state index contributed by atoms with van der Waals surface area (Å²) in [6, 6.07) is 0. The molecule has 1 aromatic rings. The summed E-state index contributed by atoms with van der Waals surface area (Å²) in [4.78, 5) is 19.0. The first-order valence-electron chi connectivity index (χ1n) is 6.10. The van der Waals surface area contributed by atoms with Crippen molar-refractivity contribution in [2.75, 3.05) is 19.7 Å². The average Bonchev–Trinajstić information content (AvgIpc) is 2.35. The van der Waals surface area contributed by atoms with Crippen LogP contribution in [0.5, 0.6) is 5.88 Å². The Morgan fingerprint density at radius 3 is 3.00 bits per heavy atom. The molecule has 1 aromatic heterocycles. The Bertz CT molecular complexity index is 464. The van der Waals surface area contributed by atoms with Crippen LogP contribution in [-0.2, 0) is 4.74 Å². The lowest BCUT2D eigenvalue weighted by Crippen LogP contribution is -2.52. The van der Waals surface area contributed by atoms with Gasteiger partial charge in [0, 0.05) is 25.5 Å². The highest BCUT2D eigenvalue weighted by atomic mass is 16.6. The predicted octanol–water partition coefficient (Wildman–Crippen LogP) is -0.279. The second-order valence-corrected chi connectivity index (χ2v) is 5.02. The van der Waals surface area contributed by atoms with Crippen LogP contribution in [0.3, 0.4) is 0 Å². The highest BCUT2D eigenvalue weighted by Gasteiger charge is 2.29. The molecular weight excluding hydrogens is 248 g/mol. The third-order valence-electron chi connectivity index (χ3n) is 2.71. The van der Waals surface area contributed by atoms with Gasteiger partial charge in [0.1, 0.15) is 12.7 Å². The van der Waals surface area contributed by atoms with E-state index in [2.05, 4.69) is 15.3 Å². The quantitative estimate of drug-likeness (QED) is 0.777. The smallest absolute Gasteiger partial charge is 0.272 e. The molecule has 0 spiro atoms. The van der Waals surface area contributed by atoms with E-state index in [9.17, 15) is 4.79 Å². The number of rotatable bonds is 4. The van der Waals surface area contributed by atoms with Crippen molar-refractivity contribution >= 4 is 5.91 Å². The van der Waals surface area contributed by atoms with Gasteiger partial charge >= 0.3 is 0 Å². The second kappa shape index (κ2) is 5.50. The van der Waals surface area contributed by atoms with Gasteiger partial charge < -0.3 is 20.5 Å². The Labute approximate surface area is 111 Å². The van der Waals surface area contributed by atoms with Crippen LogP contribution in [0.2, 0.25) is 0 Å². The zero-order valence-corrected chi connectivity index (χ0v) is 11.0.